The highest BCUT2D eigenvalue weighted by Gasteiger charge is 2.06. The number of anilines is 1. The number of ether oxygens (including phenoxy) is 1. The molecule has 0 aliphatic heterocycles. The van der Waals surface area contributed by atoms with Gasteiger partial charge in [-0.1, -0.05) is 36.9 Å². The molecule has 0 bridgehead atoms. The van der Waals surface area contributed by atoms with Crippen LogP contribution in [0, 0.1) is 0 Å². The van der Waals surface area contributed by atoms with Crippen LogP contribution in [-0.2, 0) is 7.05 Å². The van der Waals surface area contributed by atoms with Crippen LogP contribution in [0.5, 0.6) is 5.75 Å². The summed E-state index contributed by atoms with van der Waals surface area (Å²) in [7, 11) is 1.65. The molecular formula is C19H18N4O2. The van der Waals surface area contributed by atoms with Crippen LogP contribution in [0.2, 0.25) is 0 Å². The second-order valence-electron chi connectivity index (χ2n) is 5.32. The number of aromatic nitrogens is 2. The lowest BCUT2D eigenvalue weighted by Crippen LogP contribution is -2.21. The largest absolute Gasteiger partial charge is 0.489 e. The molecule has 0 saturated carbocycles. The highest BCUT2D eigenvalue weighted by Crippen LogP contribution is 2.16. The molecule has 3 rings (SSSR count). The SMILES string of the molecule is C=CCOc1ccccc1/C=N/Nc1nc2ccccc2c(=O)n1C. The number of fused-ring (bicyclic) bond motifs is 1. The summed E-state index contributed by atoms with van der Waals surface area (Å²) >= 11 is 0. The molecule has 1 aromatic heterocycles. The number of rotatable bonds is 6. The lowest BCUT2D eigenvalue weighted by molar-refractivity contribution is 0.363. The molecule has 6 heteroatoms. The third-order valence-corrected chi connectivity index (χ3v) is 3.63. The molecule has 3 aromatic rings. The van der Waals surface area contributed by atoms with E-state index in [9.17, 15) is 4.79 Å². The molecule has 126 valence electrons. The Hall–Kier alpha value is -3.41. The van der Waals surface area contributed by atoms with E-state index < -0.39 is 0 Å². The van der Waals surface area contributed by atoms with Crippen molar-refractivity contribution in [3.05, 3.63) is 77.1 Å². The van der Waals surface area contributed by atoms with E-state index in [2.05, 4.69) is 22.1 Å². The number of benzene rings is 2. The Bertz CT molecular complexity index is 992. The minimum atomic E-state index is -0.127. The normalized spacial score (nSPS) is 10.9. The monoisotopic (exact) mass is 334 g/mol. The fourth-order valence-electron chi connectivity index (χ4n) is 2.34. The number of hydrogen-bond acceptors (Lipinski definition) is 5. The Kier molecular flexibility index (Phi) is 4.89. The zero-order chi connectivity index (χ0) is 17.6. The van der Waals surface area contributed by atoms with E-state index in [1.807, 2.05) is 36.4 Å². The molecule has 6 nitrogen and oxygen atoms in total. The van der Waals surface area contributed by atoms with Crippen molar-refractivity contribution in [1.29, 1.82) is 0 Å². The van der Waals surface area contributed by atoms with Crippen LogP contribution in [0.3, 0.4) is 0 Å². The van der Waals surface area contributed by atoms with Gasteiger partial charge in [0.15, 0.2) is 0 Å². The van der Waals surface area contributed by atoms with Crippen molar-refractivity contribution < 1.29 is 4.74 Å². The summed E-state index contributed by atoms with van der Waals surface area (Å²) < 4.78 is 7.01. The second kappa shape index (κ2) is 7.44. The third-order valence-electron chi connectivity index (χ3n) is 3.63. The van der Waals surface area contributed by atoms with Crippen LogP contribution in [0.25, 0.3) is 10.9 Å². The Morgan fingerprint density at radius 2 is 2.00 bits per heavy atom. The Labute approximate surface area is 145 Å². The van der Waals surface area contributed by atoms with Gasteiger partial charge in [-0.15, -0.1) is 0 Å². The van der Waals surface area contributed by atoms with E-state index in [-0.39, 0.29) is 5.56 Å². The van der Waals surface area contributed by atoms with E-state index in [1.54, 1.807) is 31.5 Å². The molecule has 2 aromatic carbocycles. The van der Waals surface area contributed by atoms with Crippen LogP contribution >= 0.6 is 0 Å². The second-order valence-corrected chi connectivity index (χ2v) is 5.32. The highest BCUT2D eigenvalue weighted by atomic mass is 16.5. The molecule has 0 fully saturated rings. The summed E-state index contributed by atoms with van der Waals surface area (Å²) in [5.74, 6) is 1.07. The summed E-state index contributed by atoms with van der Waals surface area (Å²) in [5.41, 5.74) is 4.13. The fraction of sp³-hybridized carbons (Fsp3) is 0.105. The number of hydrazone groups is 1. The van der Waals surface area contributed by atoms with Gasteiger partial charge in [0.2, 0.25) is 5.95 Å². The Morgan fingerprint density at radius 1 is 1.24 bits per heavy atom. The first-order chi connectivity index (χ1) is 12.2. The molecule has 0 spiro atoms. The van der Waals surface area contributed by atoms with Gasteiger partial charge in [-0.05, 0) is 24.3 Å². The van der Waals surface area contributed by atoms with Crippen molar-refractivity contribution >= 4 is 23.1 Å². The molecule has 0 aliphatic carbocycles. The van der Waals surface area contributed by atoms with Crippen molar-refractivity contribution in [2.24, 2.45) is 12.1 Å². The fourth-order valence-corrected chi connectivity index (χ4v) is 2.34. The van der Waals surface area contributed by atoms with Crippen molar-refractivity contribution in [2.45, 2.75) is 0 Å². The van der Waals surface area contributed by atoms with E-state index in [0.717, 1.165) is 5.56 Å². The minimum absolute atomic E-state index is 0.127. The van der Waals surface area contributed by atoms with Crippen LogP contribution in [0.15, 0.2) is 71.1 Å². The van der Waals surface area contributed by atoms with Gasteiger partial charge in [0.05, 0.1) is 17.1 Å². The standard InChI is InChI=1S/C19H18N4O2/c1-3-12-25-17-11-7-4-8-14(17)13-20-22-19-21-16-10-6-5-9-15(16)18(24)23(19)2/h3-11,13H,1,12H2,2H3,(H,21,22)/b20-13+. The van der Waals surface area contributed by atoms with Crippen molar-refractivity contribution in [3.8, 4) is 5.75 Å². The smallest absolute Gasteiger partial charge is 0.262 e. The average Bonchev–Trinajstić information content (AvgIpc) is 2.65. The maximum atomic E-state index is 12.4. The molecule has 0 atom stereocenters. The third kappa shape index (κ3) is 3.58. The summed E-state index contributed by atoms with van der Waals surface area (Å²) in [6, 6.07) is 14.7. The summed E-state index contributed by atoms with van der Waals surface area (Å²) in [6.45, 7) is 4.05. The van der Waals surface area contributed by atoms with E-state index in [4.69, 9.17) is 4.74 Å². The van der Waals surface area contributed by atoms with Crippen LogP contribution in [-0.4, -0.2) is 22.4 Å². The number of nitrogens with one attached hydrogen (secondary N) is 1. The summed E-state index contributed by atoms with van der Waals surface area (Å²) in [4.78, 5) is 16.8. The van der Waals surface area contributed by atoms with Gasteiger partial charge in [-0.2, -0.15) is 5.10 Å². The quantitative estimate of drug-likeness (QED) is 0.427. The predicted octanol–water partition coefficient (Wildman–Crippen LogP) is 2.94. The topological polar surface area (TPSA) is 68.5 Å². The molecule has 0 amide bonds. The van der Waals surface area contributed by atoms with Gasteiger partial charge in [-0.25, -0.2) is 10.4 Å². The molecule has 0 radical (unpaired) electrons. The lowest BCUT2D eigenvalue weighted by atomic mass is 10.2. The maximum Gasteiger partial charge on any atom is 0.262 e. The predicted molar refractivity (Wildman–Crippen MR) is 100 cm³/mol. The maximum absolute atomic E-state index is 12.4. The Balaban J connectivity index is 1.86. The van der Waals surface area contributed by atoms with Crippen molar-refractivity contribution in [3.63, 3.8) is 0 Å². The first-order valence-corrected chi connectivity index (χ1v) is 7.78. The van der Waals surface area contributed by atoms with Crippen LogP contribution in [0.1, 0.15) is 5.56 Å². The lowest BCUT2D eigenvalue weighted by Gasteiger charge is -2.08. The molecular weight excluding hydrogens is 316 g/mol. The molecule has 25 heavy (non-hydrogen) atoms. The number of nitrogens with zero attached hydrogens (tertiary/aromatic N) is 3. The van der Waals surface area contributed by atoms with Gasteiger partial charge in [-0.3, -0.25) is 9.36 Å². The Morgan fingerprint density at radius 3 is 2.84 bits per heavy atom. The summed E-state index contributed by atoms with van der Waals surface area (Å²) in [6.07, 6.45) is 3.31. The van der Waals surface area contributed by atoms with Crippen LogP contribution in [0.4, 0.5) is 5.95 Å². The zero-order valence-corrected chi connectivity index (χ0v) is 13.8. The molecule has 1 heterocycles. The number of para-hydroxylation sites is 2. The van der Waals surface area contributed by atoms with Crippen molar-refractivity contribution in [1.82, 2.24) is 9.55 Å². The number of hydrogen-bond donors (Lipinski definition) is 1. The van der Waals surface area contributed by atoms with E-state index in [0.29, 0.717) is 29.2 Å². The molecule has 0 aliphatic rings. The van der Waals surface area contributed by atoms with Crippen LogP contribution < -0.4 is 15.7 Å². The average molecular weight is 334 g/mol. The minimum Gasteiger partial charge on any atom is -0.489 e. The molecule has 1 N–H and O–H groups in total. The molecule has 0 saturated heterocycles. The van der Waals surface area contributed by atoms with Gasteiger partial charge in [0.25, 0.3) is 5.56 Å². The van der Waals surface area contributed by atoms with E-state index >= 15 is 0 Å². The molecule has 0 unspecified atom stereocenters. The van der Waals surface area contributed by atoms with Gasteiger partial charge >= 0.3 is 0 Å². The first kappa shape index (κ1) is 16.4. The summed E-state index contributed by atoms with van der Waals surface area (Å²) in [5, 5.41) is 4.76. The van der Waals surface area contributed by atoms with Gasteiger partial charge < -0.3 is 4.74 Å². The van der Waals surface area contributed by atoms with Gasteiger partial charge in [0, 0.05) is 12.6 Å². The highest BCUT2D eigenvalue weighted by molar-refractivity contribution is 5.84. The van der Waals surface area contributed by atoms with Gasteiger partial charge in [0.1, 0.15) is 12.4 Å². The zero-order valence-electron chi connectivity index (χ0n) is 13.8. The van der Waals surface area contributed by atoms with Crippen molar-refractivity contribution in [2.75, 3.05) is 12.0 Å². The van der Waals surface area contributed by atoms with E-state index in [1.165, 1.54) is 4.57 Å². The first-order valence-electron chi connectivity index (χ1n) is 7.78.